The molecule has 4 heteroatoms. The van der Waals surface area contributed by atoms with Gasteiger partial charge in [-0.2, -0.15) is 0 Å². The summed E-state index contributed by atoms with van der Waals surface area (Å²) in [5.74, 6) is -0.357. The molecule has 0 rings (SSSR count). The summed E-state index contributed by atoms with van der Waals surface area (Å²) >= 11 is 0. The normalized spacial score (nSPS) is 12.6. The van der Waals surface area contributed by atoms with E-state index in [4.69, 9.17) is 9.47 Å². The predicted octanol–water partition coefficient (Wildman–Crippen LogP) is 0.211. The molecular formula is C7H14O4. The van der Waals surface area contributed by atoms with E-state index in [1.807, 2.05) is 0 Å². The van der Waals surface area contributed by atoms with Crippen LogP contribution in [0.3, 0.4) is 0 Å². The van der Waals surface area contributed by atoms with E-state index in [0.717, 1.165) is 0 Å². The molecule has 0 aromatic carbocycles. The molecule has 4 nitrogen and oxygen atoms in total. The van der Waals surface area contributed by atoms with E-state index in [1.54, 1.807) is 7.11 Å². The molecule has 0 bridgehead atoms. The number of ether oxygens (including phenoxy) is 3. The first-order chi connectivity index (χ1) is 5.26. The highest BCUT2D eigenvalue weighted by atomic mass is 16.6. The molecule has 0 saturated carbocycles. The summed E-state index contributed by atoms with van der Waals surface area (Å²) in [5, 5.41) is 0. The van der Waals surface area contributed by atoms with E-state index in [1.165, 1.54) is 14.2 Å². The number of hydrogen-bond donors (Lipinski definition) is 0. The van der Waals surface area contributed by atoms with Crippen LogP contribution in [0.25, 0.3) is 0 Å². The Bertz CT molecular complexity index is 113. The first kappa shape index (κ1) is 10.4. The van der Waals surface area contributed by atoms with E-state index in [-0.39, 0.29) is 5.97 Å². The zero-order valence-electron chi connectivity index (χ0n) is 7.12. The molecule has 0 amide bonds. The summed E-state index contributed by atoms with van der Waals surface area (Å²) < 4.78 is 14.1. The Labute approximate surface area is 66.4 Å². The zero-order chi connectivity index (χ0) is 8.69. The van der Waals surface area contributed by atoms with Crippen LogP contribution in [-0.2, 0) is 19.0 Å². The van der Waals surface area contributed by atoms with E-state index in [2.05, 4.69) is 4.74 Å². The molecule has 1 unspecified atom stereocenters. The Balaban J connectivity index is 3.65. The van der Waals surface area contributed by atoms with Crippen molar-refractivity contribution >= 4 is 5.97 Å². The highest BCUT2D eigenvalue weighted by molar-refractivity contribution is 5.74. The molecule has 0 aromatic rings. The van der Waals surface area contributed by atoms with E-state index >= 15 is 0 Å². The molecule has 0 aliphatic rings. The fraction of sp³-hybridized carbons (Fsp3) is 0.857. The van der Waals surface area contributed by atoms with Gasteiger partial charge < -0.3 is 14.2 Å². The number of rotatable bonds is 5. The number of carbonyl (C=O) groups excluding carboxylic acids is 1. The van der Waals surface area contributed by atoms with Crippen molar-refractivity contribution in [1.82, 2.24) is 0 Å². The number of methoxy groups -OCH3 is 3. The highest BCUT2D eigenvalue weighted by Crippen LogP contribution is 1.99. The molecule has 0 fully saturated rings. The summed E-state index contributed by atoms with van der Waals surface area (Å²) in [7, 11) is 4.38. The lowest BCUT2D eigenvalue weighted by atomic mass is 10.3. The molecule has 0 radical (unpaired) electrons. The highest BCUT2D eigenvalue weighted by Gasteiger charge is 2.16. The lowest BCUT2D eigenvalue weighted by Gasteiger charge is -2.11. The van der Waals surface area contributed by atoms with Gasteiger partial charge in [0.05, 0.1) is 7.11 Å². The number of esters is 1. The van der Waals surface area contributed by atoms with Gasteiger partial charge in [0, 0.05) is 27.2 Å². The van der Waals surface area contributed by atoms with Gasteiger partial charge in [0.1, 0.15) is 0 Å². The molecule has 0 aliphatic heterocycles. The van der Waals surface area contributed by atoms with Crippen molar-refractivity contribution in [3.8, 4) is 0 Å². The lowest BCUT2D eigenvalue weighted by Crippen LogP contribution is -2.25. The third kappa shape index (κ3) is 3.95. The van der Waals surface area contributed by atoms with Crippen LogP contribution in [0.15, 0.2) is 0 Å². The van der Waals surface area contributed by atoms with Crippen molar-refractivity contribution in [3.05, 3.63) is 0 Å². The Hall–Kier alpha value is -0.610. The fourth-order valence-corrected chi connectivity index (χ4v) is 0.688. The van der Waals surface area contributed by atoms with Gasteiger partial charge in [-0.15, -0.1) is 0 Å². The summed E-state index contributed by atoms with van der Waals surface area (Å²) in [6.07, 6.45) is 0.0274. The fourth-order valence-electron chi connectivity index (χ4n) is 0.688. The largest absolute Gasteiger partial charge is 0.467 e. The van der Waals surface area contributed by atoms with Gasteiger partial charge in [-0.3, -0.25) is 0 Å². The van der Waals surface area contributed by atoms with Crippen LogP contribution in [0, 0.1) is 0 Å². The summed E-state index contributed by atoms with van der Waals surface area (Å²) in [4.78, 5) is 10.8. The second-order valence-corrected chi connectivity index (χ2v) is 2.03. The van der Waals surface area contributed by atoms with Crippen LogP contribution >= 0.6 is 0 Å². The van der Waals surface area contributed by atoms with E-state index in [0.29, 0.717) is 13.0 Å². The molecule has 1 atom stereocenters. The van der Waals surface area contributed by atoms with Gasteiger partial charge >= 0.3 is 5.97 Å². The second-order valence-electron chi connectivity index (χ2n) is 2.03. The van der Waals surface area contributed by atoms with Gasteiger partial charge in [0.2, 0.25) is 0 Å². The van der Waals surface area contributed by atoms with Gasteiger partial charge in [-0.1, -0.05) is 0 Å². The van der Waals surface area contributed by atoms with Gasteiger partial charge in [-0.05, 0) is 0 Å². The summed E-state index contributed by atoms with van der Waals surface area (Å²) in [5.41, 5.74) is 0. The van der Waals surface area contributed by atoms with Crippen LogP contribution in [0.4, 0.5) is 0 Å². The maximum atomic E-state index is 10.8. The molecule has 0 heterocycles. The number of hydrogen-bond acceptors (Lipinski definition) is 4. The minimum atomic E-state index is -0.500. The second kappa shape index (κ2) is 6.12. The van der Waals surface area contributed by atoms with Crippen molar-refractivity contribution in [1.29, 1.82) is 0 Å². The summed E-state index contributed by atoms with van der Waals surface area (Å²) in [6, 6.07) is 0. The maximum Gasteiger partial charge on any atom is 0.335 e. The average Bonchev–Trinajstić information content (AvgIpc) is 2.05. The molecule has 0 N–H and O–H groups in total. The Morgan fingerprint density at radius 3 is 2.36 bits per heavy atom. The topological polar surface area (TPSA) is 44.8 Å². The standard InChI is InChI=1S/C7H14O4/c1-9-5-4-6(10-2)7(8)11-3/h6H,4-5H2,1-3H3. The molecule has 0 saturated heterocycles. The SMILES string of the molecule is COCCC(OC)C(=O)OC. The minimum Gasteiger partial charge on any atom is -0.467 e. The van der Waals surface area contributed by atoms with Crippen molar-refractivity contribution < 1.29 is 19.0 Å². The van der Waals surface area contributed by atoms with E-state index < -0.39 is 6.10 Å². The van der Waals surface area contributed by atoms with Gasteiger partial charge in [-0.25, -0.2) is 4.79 Å². The third-order valence-corrected chi connectivity index (χ3v) is 1.33. The first-order valence-corrected chi connectivity index (χ1v) is 3.35. The quantitative estimate of drug-likeness (QED) is 0.542. The molecule has 0 aliphatic carbocycles. The average molecular weight is 162 g/mol. The van der Waals surface area contributed by atoms with Crippen LogP contribution < -0.4 is 0 Å². The monoisotopic (exact) mass is 162 g/mol. The zero-order valence-corrected chi connectivity index (χ0v) is 7.12. The summed E-state index contributed by atoms with van der Waals surface area (Å²) in [6.45, 7) is 0.494. The molecular weight excluding hydrogens is 148 g/mol. The Morgan fingerprint density at radius 1 is 1.36 bits per heavy atom. The van der Waals surface area contributed by atoms with Gasteiger partial charge in [0.25, 0.3) is 0 Å². The smallest absolute Gasteiger partial charge is 0.335 e. The van der Waals surface area contributed by atoms with Crippen LogP contribution in [0.5, 0.6) is 0 Å². The van der Waals surface area contributed by atoms with Crippen LogP contribution in [0.1, 0.15) is 6.42 Å². The van der Waals surface area contributed by atoms with Crippen molar-refractivity contribution in [2.75, 3.05) is 27.9 Å². The Kier molecular flexibility index (Phi) is 5.78. The van der Waals surface area contributed by atoms with E-state index in [9.17, 15) is 4.79 Å². The molecule has 66 valence electrons. The predicted molar refractivity (Wildman–Crippen MR) is 39.3 cm³/mol. The molecule has 0 spiro atoms. The van der Waals surface area contributed by atoms with Gasteiger partial charge in [0.15, 0.2) is 6.10 Å². The van der Waals surface area contributed by atoms with Crippen molar-refractivity contribution in [2.45, 2.75) is 12.5 Å². The lowest BCUT2D eigenvalue weighted by molar-refractivity contribution is -0.153. The molecule has 11 heavy (non-hydrogen) atoms. The first-order valence-electron chi connectivity index (χ1n) is 3.35. The third-order valence-electron chi connectivity index (χ3n) is 1.33. The van der Waals surface area contributed by atoms with Crippen molar-refractivity contribution in [3.63, 3.8) is 0 Å². The molecule has 0 aromatic heterocycles. The van der Waals surface area contributed by atoms with Crippen LogP contribution in [0.2, 0.25) is 0 Å². The Morgan fingerprint density at radius 2 is 2.00 bits per heavy atom. The van der Waals surface area contributed by atoms with Crippen LogP contribution in [-0.4, -0.2) is 40.0 Å². The van der Waals surface area contributed by atoms with Crippen molar-refractivity contribution in [2.24, 2.45) is 0 Å². The maximum absolute atomic E-state index is 10.8. The number of carbonyl (C=O) groups is 1. The minimum absolute atomic E-state index is 0.357.